The van der Waals surface area contributed by atoms with Crippen molar-refractivity contribution in [2.45, 2.75) is 20.0 Å². The fraction of sp³-hybridized carbons (Fsp3) is 0.500. The standard InChI is InChI=1S/C12H17N3O/c1-10(2)16-7-6-15(3)12-4-5-14-11(8-12)9-13/h4-5,8,10H,6-7H2,1-3H3. The van der Waals surface area contributed by atoms with Crippen LogP contribution >= 0.6 is 0 Å². The first-order valence-corrected chi connectivity index (χ1v) is 5.32. The van der Waals surface area contributed by atoms with Crippen molar-refractivity contribution in [2.75, 3.05) is 25.1 Å². The van der Waals surface area contributed by atoms with Crippen LogP contribution in [0.4, 0.5) is 5.69 Å². The van der Waals surface area contributed by atoms with Crippen molar-refractivity contribution in [3.05, 3.63) is 24.0 Å². The maximum absolute atomic E-state index is 8.74. The van der Waals surface area contributed by atoms with Crippen LogP contribution in [0, 0.1) is 11.3 Å². The summed E-state index contributed by atoms with van der Waals surface area (Å²) < 4.78 is 5.47. The fourth-order valence-electron chi connectivity index (χ4n) is 1.27. The van der Waals surface area contributed by atoms with Crippen LogP contribution in [-0.2, 0) is 4.74 Å². The highest BCUT2D eigenvalue weighted by molar-refractivity contribution is 5.47. The van der Waals surface area contributed by atoms with Crippen LogP contribution in [-0.4, -0.2) is 31.3 Å². The van der Waals surface area contributed by atoms with Crippen LogP contribution in [0.5, 0.6) is 0 Å². The normalized spacial score (nSPS) is 10.2. The van der Waals surface area contributed by atoms with Crippen molar-refractivity contribution >= 4 is 5.69 Å². The molecule has 0 aromatic carbocycles. The summed E-state index contributed by atoms with van der Waals surface area (Å²) in [6.45, 7) is 5.51. The summed E-state index contributed by atoms with van der Waals surface area (Å²) in [6, 6.07) is 5.69. The van der Waals surface area contributed by atoms with Gasteiger partial charge in [0.1, 0.15) is 11.8 Å². The lowest BCUT2D eigenvalue weighted by Crippen LogP contribution is -2.23. The number of anilines is 1. The molecule has 0 saturated heterocycles. The predicted molar refractivity (Wildman–Crippen MR) is 63.3 cm³/mol. The molecule has 4 nitrogen and oxygen atoms in total. The molecular formula is C12H17N3O. The lowest BCUT2D eigenvalue weighted by molar-refractivity contribution is 0.0846. The molecule has 86 valence electrons. The highest BCUT2D eigenvalue weighted by Crippen LogP contribution is 2.11. The van der Waals surface area contributed by atoms with E-state index in [-0.39, 0.29) is 6.10 Å². The summed E-state index contributed by atoms with van der Waals surface area (Å²) in [4.78, 5) is 5.98. The van der Waals surface area contributed by atoms with Gasteiger partial charge in [-0.3, -0.25) is 0 Å². The van der Waals surface area contributed by atoms with Gasteiger partial charge in [0.15, 0.2) is 0 Å². The number of aromatic nitrogens is 1. The van der Waals surface area contributed by atoms with Gasteiger partial charge in [-0.2, -0.15) is 5.26 Å². The minimum Gasteiger partial charge on any atom is -0.377 e. The quantitative estimate of drug-likeness (QED) is 0.758. The van der Waals surface area contributed by atoms with Gasteiger partial charge in [-0.25, -0.2) is 4.98 Å². The summed E-state index contributed by atoms with van der Waals surface area (Å²) in [5, 5.41) is 8.74. The third kappa shape index (κ3) is 3.87. The van der Waals surface area contributed by atoms with Gasteiger partial charge in [0.2, 0.25) is 0 Å². The van der Waals surface area contributed by atoms with Gasteiger partial charge in [0.25, 0.3) is 0 Å². The molecule has 0 fully saturated rings. The average Bonchev–Trinajstić information content (AvgIpc) is 2.28. The number of nitriles is 1. The Hall–Kier alpha value is -1.60. The Morgan fingerprint density at radius 1 is 1.56 bits per heavy atom. The summed E-state index contributed by atoms with van der Waals surface area (Å²) >= 11 is 0. The van der Waals surface area contributed by atoms with Gasteiger partial charge in [0, 0.05) is 25.5 Å². The molecule has 0 aliphatic rings. The molecule has 0 unspecified atom stereocenters. The first kappa shape index (κ1) is 12.5. The molecule has 1 aromatic rings. The first-order valence-electron chi connectivity index (χ1n) is 5.32. The Bertz CT molecular complexity index is 371. The molecule has 0 N–H and O–H groups in total. The van der Waals surface area contributed by atoms with E-state index in [4.69, 9.17) is 10.00 Å². The summed E-state index contributed by atoms with van der Waals surface area (Å²) in [7, 11) is 1.97. The maximum Gasteiger partial charge on any atom is 0.142 e. The lowest BCUT2D eigenvalue weighted by atomic mass is 10.3. The second kappa shape index (κ2) is 6.09. The van der Waals surface area contributed by atoms with E-state index >= 15 is 0 Å². The molecule has 0 saturated carbocycles. The molecule has 0 spiro atoms. The van der Waals surface area contributed by atoms with E-state index in [1.807, 2.05) is 37.9 Å². The topological polar surface area (TPSA) is 49.1 Å². The van der Waals surface area contributed by atoms with Gasteiger partial charge < -0.3 is 9.64 Å². The van der Waals surface area contributed by atoms with E-state index in [1.54, 1.807) is 12.3 Å². The van der Waals surface area contributed by atoms with Crippen molar-refractivity contribution in [1.29, 1.82) is 5.26 Å². The fourth-order valence-corrected chi connectivity index (χ4v) is 1.27. The summed E-state index contributed by atoms with van der Waals surface area (Å²) in [5.41, 5.74) is 1.42. The van der Waals surface area contributed by atoms with E-state index in [1.165, 1.54) is 0 Å². The number of likely N-dealkylation sites (N-methyl/N-ethyl adjacent to an activating group) is 1. The van der Waals surface area contributed by atoms with Crippen LogP contribution < -0.4 is 4.90 Å². The van der Waals surface area contributed by atoms with E-state index in [9.17, 15) is 0 Å². The zero-order chi connectivity index (χ0) is 12.0. The number of hydrogen-bond acceptors (Lipinski definition) is 4. The third-order valence-corrected chi connectivity index (χ3v) is 2.18. The van der Waals surface area contributed by atoms with Crippen LogP contribution in [0.25, 0.3) is 0 Å². The zero-order valence-corrected chi connectivity index (χ0v) is 9.97. The average molecular weight is 219 g/mol. The van der Waals surface area contributed by atoms with E-state index in [0.29, 0.717) is 12.3 Å². The van der Waals surface area contributed by atoms with Gasteiger partial charge in [-0.05, 0) is 26.0 Å². The molecule has 0 aliphatic heterocycles. The van der Waals surface area contributed by atoms with Crippen molar-refractivity contribution in [1.82, 2.24) is 4.98 Å². The van der Waals surface area contributed by atoms with Crippen LogP contribution in [0.3, 0.4) is 0 Å². The SMILES string of the molecule is CC(C)OCCN(C)c1ccnc(C#N)c1. The molecule has 0 aliphatic carbocycles. The zero-order valence-electron chi connectivity index (χ0n) is 9.97. The van der Waals surface area contributed by atoms with Gasteiger partial charge in [0.05, 0.1) is 12.7 Å². The smallest absolute Gasteiger partial charge is 0.142 e. The molecule has 0 bridgehead atoms. The van der Waals surface area contributed by atoms with E-state index in [2.05, 4.69) is 4.98 Å². The third-order valence-electron chi connectivity index (χ3n) is 2.18. The largest absolute Gasteiger partial charge is 0.377 e. The predicted octanol–water partition coefficient (Wildman–Crippen LogP) is 1.81. The molecule has 1 rings (SSSR count). The Morgan fingerprint density at radius 3 is 2.94 bits per heavy atom. The second-order valence-corrected chi connectivity index (χ2v) is 3.85. The number of hydrogen-bond donors (Lipinski definition) is 0. The Morgan fingerprint density at radius 2 is 2.31 bits per heavy atom. The minimum atomic E-state index is 0.250. The highest BCUT2D eigenvalue weighted by Gasteiger charge is 2.03. The molecule has 4 heteroatoms. The molecule has 0 radical (unpaired) electrons. The van der Waals surface area contributed by atoms with Crippen LogP contribution in [0.2, 0.25) is 0 Å². The second-order valence-electron chi connectivity index (χ2n) is 3.85. The number of ether oxygens (including phenoxy) is 1. The molecule has 0 atom stereocenters. The Kier molecular flexibility index (Phi) is 4.74. The monoisotopic (exact) mass is 219 g/mol. The first-order chi connectivity index (χ1) is 7.63. The highest BCUT2D eigenvalue weighted by atomic mass is 16.5. The maximum atomic E-state index is 8.74. The minimum absolute atomic E-state index is 0.250. The van der Waals surface area contributed by atoms with Gasteiger partial charge >= 0.3 is 0 Å². The van der Waals surface area contributed by atoms with E-state index in [0.717, 1.165) is 12.2 Å². The van der Waals surface area contributed by atoms with E-state index < -0.39 is 0 Å². The Balaban J connectivity index is 2.52. The summed E-state index contributed by atoms with van der Waals surface area (Å²) in [5.74, 6) is 0. The van der Waals surface area contributed by atoms with Gasteiger partial charge in [-0.15, -0.1) is 0 Å². The van der Waals surface area contributed by atoms with Crippen LogP contribution in [0.15, 0.2) is 18.3 Å². The van der Waals surface area contributed by atoms with Crippen molar-refractivity contribution in [3.8, 4) is 6.07 Å². The molecule has 0 amide bonds. The van der Waals surface area contributed by atoms with Crippen LogP contribution in [0.1, 0.15) is 19.5 Å². The van der Waals surface area contributed by atoms with Crippen molar-refractivity contribution in [2.24, 2.45) is 0 Å². The molecule has 1 aromatic heterocycles. The van der Waals surface area contributed by atoms with Gasteiger partial charge in [-0.1, -0.05) is 0 Å². The number of pyridine rings is 1. The molecular weight excluding hydrogens is 202 g/mol. The molecule has 1 heterocycles. The lowest BCUT2D eigenvalue weighted by Gasteiger charge is -2.19. The summed E-state index contributed by atoms with van der Waals surface area (Å²) in [6.07, 6.45) is 1.90. The van der Waals surface area contributed by atoms with Crippen molar-refractivity contribution < 1.29 is 4.74 Å². The van der Waals surface area contributed by atoms with Crippen molar-refractivity contribution in [3.63, 3.8) is 0 Å². The number of nitrogens with zero attached hydrogens (tertiary/aromatic N) is 3. The molecule has 16 heavy (non-hydrogen) atoms. The Labute approximate surface area is 96.5 Å². The number of rotatable bonds is 5.